The third-order valence-electron chi connectivity index (χ3n) is 3.17. The van der Waals surface area contributed by atoms with Gasteiger partial charge in [-0.05, 0) is 25.3 Å². The first kappa shape index (κ1) is 12.9. The van der Waals surface area contributed by atoms with Crippen molar-refractivity contribution >= 4 is 6.09 Å². The Balaban J connectivity index is 1.63. The van der Waals surface area contributed by atoms with Crippen molar-refractivity contribution in [1.82, 2.24) is 10.6 Å². The average Bonchev–Trinajstić information content (AvgIpc) is 2.81. The molecule has 2 N–H and O–H groups in total. The Labute approximate surface area is 108 Å². The first-order valence-corrected chi connectivity index (χ1v) is 6.44. The Bertz CT molecular complexity index is 381. The number of amides is 1. The number of rotatable bonds is 4. The van der Waals surface area contributed by atoms with E-state index in [2.05, 4.69) is 17.6 Å². The molecule has 4 heteroatoms. The highest BCUT2D eigenvalue weighted by Gasteiger charge is 2.20. The number of benzene rings is 1. The summed E-state index contributed by atoms with van der Waals surface area (Å²) in [5.74, 6) is 0. The van der Waals surface area contributed by atoms with Crippen molar-refractivity contribution in [2.75, 3.05) is 6.54 Å². The van der Waals surface area contributed by atoms with Crippen LogP contribution in [0.25, 0.3) is 0 Å². The van der Waals surface area contributed by atoms with Crippen LogP contribution in [0.15, 0.2) is 30.3 Å². The molecule has 0 unspecified atom stereocenters. The summed E-state index contributed by atoms with van der Waals surface area (Å²) in [5, 5.41) is 6.20. The molecule has 1 aliphatic heterocycles. The fourth-order valence-electron chi connectivity index (χ4n) is 2.16. The minimum absolute atomic E-state index is 0.321. The van der Waals surface area contributed by atoms with Gasteiger partial charge in [0.05, 0.1) is 0 Å². The first-order chi connectivity index (χ1) is 8.74. The normalized spacial score (nSPS) is 22.7. The molecule has 0 aromatic heterocycles. The highest BCUT2D eigenvalue weighted by Crippen LogP contribution is 2.10. The Morgan fingerprint density at radius 2 is 2.17 bits per heavy atom. The largest absolute Gasteiger partial charge is 0.445 e. The van der Waals surface area contributed by atoms with Crippen molar-refractivity contribution in [3.8, 4) is 0 Å². The molecule has 18 heavy (non-hydrogen) atoms. The molecule has 0 spiro atoms. The molecule has 1 aromatic carbocycles. The van der Waals surface area contributed by atoms with E-state index in [4.69, 9.17) is 4.74 Å². The molecule has 0 aliphatic carbocycles. The fraction of sp³-hybridized carbons (Fsp3) is 0.500. The zero-order chi connectivity index (χ0) is 12.8. The lowest BCUT2D eigenvalue weighted by atomic mass is 10.2. The minimum atomic E-state index is -0.347. The van der Waals surface area contributed by atoms with Gasteiger partial charge in [0.15, 0.2) is 0 Å². The van der Waals surface area contributed by atoms with E-state index in [0.717, 1.165) is 12.0 Å². The molecule has 98 valence electrons. The molecule has 4 nitrogen and oxygen atoms in total. The van der Waals surface area contributed by atoms with Gasteiger partial charge in [0.2, 0.25) is 0 Å². The minimum Gasteiger partial charge on any atom is -0.445 e. The summed E-state index contributed by atoms with van der Waals surface area (Å²) < 4.78 is 5.14. The molecule has 0 saturated carbocycles. The summed E-state index contributed by atoms with van der Waals surface area (Å²) in [7, 11) is 0. The van der Waals surface area contributed by atoms with E-state index >= 15 is 0 Å². The second kappa shape index (κ2) is 6.40. The second-order valence-electron chi connectivity index (χ2n) is 4.78. The molecule has 2 rings (SSSR count). The Morgan fingerprint density at radius 1 is 1.39 bits per heavy atom. The lowest BCUT2D eigenvalue weighted by molar-refractivity contribution is 0.138. The number of alkyl carbamates (subject to hydrolysis) is 1. The molecule has 1 saturated heterocycles. The summed E-state index contributed by atoms with van der Waals surface area (Å²) in [6.07, 6.45) is 1.94. The second-order valence-corrected chi connectivity index (χ2v) is 4.78. The Hall–Kier alpha value is -1.55. The maximum atomic E-state index is 11.5. The maximum Gasteiger partial charge on any atom is 0.407 e. The number of carbonyl (C=O) groups is 1. The van der Waals surface area contributed by atoms with Crippen LogP contribution in [0.2, 0.25) is 0 Å². The molecule has 0 radical (unpaired) electrons. The lowest BCUT2D eigenvalue weighted by Gasteiger charge is -2.13. The zero-order valence-corrected chi connectivity index (χ0v) is 10.7. The molecular formula is C14H20N2O2. The van der Waals surface area contributed by atoms with E-state index in [1.54, 1.807) is 0 Å². The summed E-state index contributed by atoms with van der Waals surface area (Å²) in [6.45, 7) is 3.12. The summed E-state index contributed by atoms with van der Waals surface area (Å²) in [6, 6.07) is 10.6. The van der Waals surface area contributed by atoms with Crippen LogP contribution in [-0.2, 0) is 11.3 Å². The van der Waals surface area contributed by atoms with Gasteiger partial charge in [0.1, 0.15) is 6.61 Å². The highest BCUT2D eigenvalue weighted by molar-refractivity contribution is 5.67. The molecule has 1 amide bonds. The first-order valence-electron chi connectivity index (χ1n) is 6.44. The van der Waals surface area contributed by atoms with Gasteiger partial charge in [-0.2, -0.15) is 0 Å². The predicted octanol–water partition coefficient (Wildman–Crippen LogP) is 2.05. The molecule has 1 aromatic rings. The standard InChI is InChI=1S/C14H20N2O2/c1-11-7-8-13(16-11)9-15-14(17)18-10-12-5-3-2-4-6-12/h2-6,11,13,16H,7-10H2,1H3,(H,15,17)/t11-,13+/m1/s1. The predicted molar refractivity (Wildman–Crippen MR) is 70.2 cm³/mol. The van der Waals surface area contributed by atoms with Gasteiger partial charge >= 0.3 is 6.09 Å². The summed E-state index contributed by atoms with van der Waals surface area (Å²) in [5.41, 5.74) is 1.00. The topological polar surface area (TPSA) is 50.4 Å². The van der Waals surface area contributed by atoms with Gasteiger partial charge in [0, 0.05) is 18.6 Å². The van der Waals surface area contributed by atoms with E-state index in [1.165, 1.54) is 6.42 Å². The molecule has 0 bridgehead atoms. The summed E-state index contributed by atoms with van der Waals surface area (Å²) in [4.78, 5) is 11.5. The average molecular weight is 248 g/mol. The van der Waals surface area contributed by atoms with Crippen molar-refractivity contribution in [2.45, 2.75) is 38.5 Å². The van der Waals surface area contributed by atoms with Gasteiger partial charge in [-0.1, -0.05) is 30.3 Å². The van der Waals surface area contributed by atoms with Gasteiger partial charge in [0.25, 0.3) is 0 Å². The third kappa shape index (κ3) is 4.04. The Kier molecular flexibility index (Phi) is 4.59. The third-order valence-corrected chi connectivity index (χ3v) is 3.17. The van der Waals surface area contributed by atoms with Crippen molar-refractivity contribution in [2.24, 2.45) is 0 Å². The lowest BCUT2D eigenvalue weighted by Crippen LogP contribution is -2.39. The van der Waals surface area contributed by atoms with Crippen LogP contribution >= 0.6 is 0 Å². The van der Waals surface area contributed by atoms with Gasteiger partial charge in [-0.3, -0.25) is 0 Å². The van der Waals surface area contributed by atoms with Gasteiger partial charge in [-0.15, -0.1) is 0 Å². The van der Waals surface area contributed by atoms with E-state index in [9.17, 15) is 4.79 Å². The summed E-state index contributed by atoms with van der Waals surface area (Å²) >= 11 is 0. The number of nitrogens with one attached hydrogen (secondary N) is 2. The van der Waals surface area contributed by atoms with Crippen LogP contribution in [-0.4, -0.2) is 24.7 Å². The van der Waals surface area contributed by atoms with Crippen LogP contribution in [0, 0.1) is 0 Å². The van der Waals surface area contributed by atoms with Crippen LogP contribution in [0.1, 0.15) is 25.3 Å². The molecule has 1 heterocycles. The molecule has 1 fully saturated rings. The molecular weight excluding hydrogens is 228 g/mol. The van der Waals surface area contributed by atoms with Crippen LogP contribution < -0.4 is 10.6 Å². The molecule has 1 aliphatic rings. The Morgan fingerprint density at radius 3 is 2.83 bits per heavy atom. The monoisotopic (exact) mass is 248 g/mol. The van der Waals surface area contributed by atoms with E-state index in [0.29, 0.717) is 25.2 Å². The SMILES string of the molecule is C[C@@H]1CC[C@@H](CNC(=O)OCc2ccccc2)N1. The van der Waals surface area contributed by atoms with Crippen molar-refractivity contribution in [3.05, 3.63) is 35.9 Å². The van der Waals surface area contributed by atoms with E-state index < -0.39 is 0 Å². The molecule has 2 atom stereocenters. The maximum absolute atomic E-state index is 11.5. The number of hydrogen-bond donors (Lipinski definition) is 2. The number of hydrogen-bond acceptors (Lipinski definition) is 3. The number of carbonyl (C=O) groups excluding carboxylic acids is 1. The smallest absolute Gasteiger partial charge is 0.407 e. The number of ether oxygens (including phenoxy) is 1. The van der Waals surface area contributed by atoms with Crippen LogP contribution in [0.5, 0.6) is 0 Å². The van der Waals surface area contributed by atoms with Crippen molar-refractivity contribution in [3.63, 3.8) is 0 Å². The highest BCUT2D eigenvalue weighted by atomic mass is 16.5. The fourth-order valence-corrected chi connectivity index (χ4v) is 2.16. The van der Waals surface area contributed by atoms with E-state index in [1.807, 2.05) is 30.3 Å². The zero-order valence-electron chi connectivity index (χ0n) is 10.7. The quantitative estimate of drug-likeness (QED) is 0.857. The van der Waals surface area contributed by atoms with Gasteiger partial charge in [-0.25, -0.2) is 4.79 Å². The van der Waals surface area contributed by atoms with Gasteiger partial charge < -0.3 is 15.4 Å². The van der Waals surface area contributed by atoms with Crippen molar-refractivity contribution in [1.29, 1.82) is 0 Å². The van der Waals surface area contributed by atoms with Crippen LogP contribution in [0.3, 0.4) is 0 Å². The van der Waals surface area contributed by atoms with Crippen molar-refractivity contribution < 1.29 is 9.53 Å². The van der Waals surface area contributed by atoms with E-state index in [-0.39, 0.29) is 6.09 Å². The van der Waals surface area contributed by atoms with Crippen LogP contribution in [0.4, 0.5) is 4.79 Å².